The van der Waals surface area contributed by atoms with E-state index in [4.69, 9.17) is 0 Å². The van der Waals surface area contributed by atoms with Crippen molar-refractivity contribution in [3.05, 3.63) is 90.0 Å². The smallest absolute Gasteiger partial charge is 0.319 e. The molecule has 5 nitrogen and oxygen atoms in total. The summed E-state index contributed by atoms with van der Waals surface area (Å²) < 4.78 is 25.1. The fourth-order valence-electron chi connectivity index (χ4n) is 2.63. The summed E-state index contributed by atoms with van der Waals surface area (Å²) in [6, 6.07) is 21.9. The van der Waals surface area contributed by atoms with Gasteiger partial charge in [0, 0.05) is 12.2 Å². The summed E-state index contributed by atoms with van der Waals surface area (Å²) in [6.45, 7) is 2.41. The van der Waals surface area contributed by atoms with Gasteiger partial charge in [0.25, 0.3) is 0 Å². The molecule has 0 atom stereocenters. The summed E-state index contributed by atoms with van der Waals surface area (Å²) in [7, 11) is -3.56. The van der Waals surface area contributed by atoms with Crippen molar-refractivity contribution < 1.29 is 13.2 Å². The van der Waals surface area contributed by atoms with Crippen LogP contribution in [0.4, 0.5) is 10.5 Å². The maximum Gasteiger partial charge on any atom is 0.319 e. The summed E-state index contributed by atoms with van der Waals surface area (Å²) >= 11 is 0. The first-order valence-corrected chi connectivity index (χ1v) is 9.94. The van der Waals surface area contributed by atoms with E-state index < -0.39 is 9.84 Å². The van der Waals surface area contributed by atoms with Gasteiger partial charge >= 0.3 is 6.03 Å². The maximum atomic E-state index is 12.6. The van der Waals surface area contributed by atoms with Gasteiger partial charge in [-0.1, -0.05) is 48.0 Å². The molecule has 3 aromatic carbocycles. The van der Waals surface area contributed by atoms with Crippen LogP contribution in [0.3, 0.4) is 0 Å². The van der Waals surface area contributed by atoms with E-state index in [9.17, 15) is 13.2 Å². The van der Waals surface area contributed by atoms with Crippen LogP contribution in [-0.2, 0) is 16.4 Å². The molecule has 0 unspecified atom stereocenters. The van der Waals surface area contributed by atoms with Crippen LogP contribution in [0.5, 0.6) is 0 Å². The normalized spacial score (nSPS) is 11.0. The summed E-state index contributed by atoms with van der Waals surface area (Å²) in [5.74, 6) is 0. The van der Waals surface area contributed by atoms with Gasteiger partial charge in [0.15, 0.2) is 0 Å². The molecular formula is C21H20N2O3S. The SMILES string of the molecule is Cc1cccc(CNC(=O)Nc2ccc(S(=O)(=O)c3ccccc3)cc2)c1. The number of amides is 2. The van der Waals surface area contributed by atoms with Crippen LogP contribution in [0.15, 0.2) is 88.7 Å². The highest BCUT2D eigenvalue weighted by molar-refractivity contribution is 7.91. The molecule has 0 bridgehead atoms. The highest BCUT2D eigenvalue weighted by atomic mass is 32.2. The van der Waals surface area contributed by atoms with Gasteiger partial charge in [0.1, 0.15) is 0 Å². The van der Waals surface area contributed by atoms with Crippen molar-refractivity contribution in [2.45, 2.75) is 23.3 Å². The standard InChI is InChI=1S/C21H20N2O3S/c1-16-6-5-7-17(14-16)15-22-21(24)23-18-10-12-20(13-11-18)27(25,26)19-8-3-2-4-9-19/h2-14H,15H2,1H3,(H2,22,23,24). The van der Waals surface area contributed by atoms with E-state index >= 15 is 0 Å². The molecule has 0 radical (unpaired) electrons. The first-order chi connectivity index (χ1) is 12.9. The zero-order valence-corrected chi connectivity index (χ0v) is 15.7. The molecule has 0 spiro atoms. The van der Waals surface area contributed by atoms with Crippen LogP contribution < -0.4 is 10.6 Å². The van der Waals surface area contributed by atoms with E-state index in [1.165, 1.54) is 12.1 Å². The zero-order valence-electron chi connectivity index (χ0n) is 14.8. The molecule has 27 heavy (non-hydrogen) atoms. The van der Waals surface area contributed by atoms with Crippen LogP contribution in [0.2, 0.25) is 0 Å². The Labute approximate surface area is 159 Å². The fourth-order valence-corrected chi connectivity index (χ4v) is 3.91. The molecule has 6 heteroatoms. The predicted octanol–water partition coefficient (Wildman–Crippen LogP) is 4.15. The lowest BCUT2D eigenvalue weighted by molar-refractivity contribution is 0.251. The van der Waals surface area contributed by atoms with Crippen molar-refractivity contribution in [3.63, 3.8) is 0 Å². The average molecular weight is 380 g/mol. The molecule has 0 aliphatic heterocycles. The van der Waals surface area contributed by atoms with Crippen molar-refractivity contribution in [2.75, 3.05) is 5.32 Å². The fraction of sp³-hybridized carbons (Fsp3) is 0.0952. The molecule has 0 aliphatic carbocycles. The van der Waals surface area contributed by atoms with Gasteiger partial charge in [0.2, 0.25) is 9.84 Å². The first kappa shape index (κ1) is 18.7. The molecule has 2 N–H and O–H groups in total. The number of rotatable bonds is 5. The Kier molecular flexibility index (Phi) is 5.57. The number of hydrogen-bond donors (Lipinski definition) is 2. The molecular weight excluding hydrogens is 360 g/mol. The Morgan fingerprint density at radius 2 is 1.52 bits per heavy atom. The minimum atomic E-state index is -3.56. The van der Waals surface area contributed by atoms with E-state index in [0.29, 0.717) is 12.2 Å². The molecule has 3 aromatic rings. The van der Waals surface area contributed by atoms with Gasteiger partial charge in [0.05, 0.1) is 9.79 Å². The zero-order chi connectivity index (χ0) is 19.3. The minimum absolute atomic E-state index is 0.180. The van der Waals surface area contributed by atoms with E-state index in [1.807, 2.05) is 31.2 Å². The summed E-state index contributed by atoms with van der Waals surface area (Å²) in [4.78, 5) is 12.5. The Hall–Kier alpha value is -3.12. The Morgan fingerprint density at radius 3 is 2.19 bits per heavy atom. The average Bonchev–Trinajstić information content (AvgIpc) is 2.68. The van der Waals surface area contributed by atoms with E-state index in [-0.39, 0.29) is 15.8 Å². The summed E-state index contributed by atoms with van der Waals surface area (Å²) in [5, 5.41) is 5.48. The highest BCUT2D eigenvalue weighted by Crippen LogP contribution is 2.22. The lowest BCUT2D eigenvalue weighted by atomic mass is 10.1. The number of carbonyl (C=O) groups excluding carboxylic acids is 1. The first-order valence-electron chi connectivity index (χ1n) is 8.46. The molecule has 0 heterocycles. The Bertz CT molecular complexity index is 1030. The Balaban J connectivity index is 1.63. The third-order valence-corrected chi connectivity index (χ3v) is 5.80. The van der Waals surface area contributed by atoms with Crippen LogP contribution in [0, 0.1) is 6.92 Å². The quantitative estimate of drug-likeness (QED) is 0.698. The molecule has 0 saturated carbocycles. The van der Waals surface area contributed by atoms with Crippen molar-refractivity contribution in [2.24, 2.45) is 0 Å². The summed E-state index contributed by atoms with van der Waals surface area (Å²) in [6.07, 6.45) is 0. The topological polar surface area (TPSA) is 75.3 Å². The van der Waals surface area contributed by atoms with Gasteiger partial charge in [-0.25, -0.2) is 13.2 Å². The van der Waals surface area contributed by atoms with Crippen LogP contribution >= 0.6 is 0 Å². The van der Waals surface area contributed by atoms with Gasteiger partial charge in [-0.3, -0.25) is 0 Å². The third-order valence-electron chi connectivity index (χ3n) is 4.01. The number of nitrogens with one attached hydrogen (secondary N) is 2. The van der Waals surface area contributed by atoms with Crippen LogP contribution in [0.1, 0.15) is 11.1 Å². The predicted molar refractivity (Wildman–Crippen MR) is 105 cm³/mol. The van der Waals surface area contributed by atoms with Gasteiger partial charge in [-0.05, 0) is 48.9 Å². The number of aryl methyl sites for hydroxylation is 1. The van der Waals surface area contributed by atoms with Crippen molar-refractivity contribution in [3.8, 4) is 0 Å². The number of anilines is 1. The minimum Gasteiger partial charge on any atom is -0.334 e. The number of hydrogen-bond acceptors (Lipinski definition) is 3. The second-order valence-electron chi connectivity index (χ2n) is 6.14. The van der Waals surface area contributed by atoms with Crippen molar-refractivity contribution >= 4 is 21.6 Å². The maximum absolute atomic E-state index is 12.6. The highest BCUT2D eigenvalue weighted by Gasteiger charge is 2.16. The second-order valence-corrected chi connectivity index (χ2v) is 8.09. The number of carbonyl (C=O) groups is 1. The monoisotopic (exact) mass is 380 g/mol. The van der Waals surface area contributed by atoms with Gasteiger partial charge in [-0.15, -0.1) is 0 Å². The molecule has 138 valence electrons. The molecule has 0 saturated heterocycles. The van der Waals surface area contributed by atoms with Crippen LogP contribution in [-0.4, -0.2) is 14.4 Å². The molecule has 0 aliphatic rings. The van der Waals surface area contributed by atoms with E-state index in [2.05, 4.69) is 10.6 Å². The van der Waals surface area contributed by atoms with E-state index in [0.717, 1.165) is 11.1 Å². The lowest BCUT2D eigenvalue weighted by Crippen LogP contribution is -2.28. The third kappa shape index (κ3) is 4.74. The molecule has 3 rings (SSSR count). The molecule has 2 amide bonds. The molecule has 0 aromatic heterocycles. The number of sulfone groups is 1. The number of urea groups is 1. The summed E-state index contributed by atoms with van der Waals surface area (Å²) in [5.41, 5.74) is 2.66. The van der Waals surface area contributed by atoms with Crippen LogP contribution in [0.25, 0.3) is 0 Å². The van der Waals surface area contributed by atoms with Gasteiger partial charge < -0.3 is 10.6 Å². The Morgan fingerprint density at radius 1 is 0.852 bits per heavy atom. The van der Waals surface area contributed by atoms with Crippen molar-refractivity contribution in [1.82, 2.24) is 5.32 Å². The van der Waals surface area contributed by atoms with Gasteiger partial charge in [-0.2, -0.15) is 0 Å². The van der Waals surface area contributed by atoms with E-state index in [1.54, 1.807) is 42.5 Å². The van der Waals surface area contributed by atoms with Crippen molar-refractivity contribution in [1.29, 1.82) is 0 Å². The largest absolute Gasteiger partial charge is 0.334 e. The lowest BCUT2D eigenvalue weighted by Gasteiger charge is -2.09. The second kappa shape index (κ2) is 8.05. The molecule has 0 fully saturated rings. The number of benzene rings is 3.